The van der Waals surface area contributed by atoms with Crippen LogP contribution in [0, 0.1) is 13.8 Å². The summed E-state index contributed by atoms with van der Waals surface area (Å²) in [4.78, 5) is 7.42. The van der Waals surface area contributed by atoms with Crippen LogP contribution in [0.25, 0.3) is 0 Å². The third-order valence-corrected chi connectivity index (χ3v) is 1.59. The van der Waals surface area contributed by atoms with Crippen molar-refractivity contribution in [2.45, 2.75) is 19.0 Å². The molecular weight excluding hydrogens is 164 g/mol. The molecule has 1 heterocycles. The first kappa shape index (κ1) is 8.29. The minimum atomic E-state index is -2.32. The van der Waals surface area contributed by atoms with Crippen molar-refractivity contribution in [2.24, 2.45) is 0 Å². The first-order valence-corrected chi connectivity index (χ1v) is 4.08. The van der Waals surface area contributed by atoms with Crippen LogP contribution in [0.2, 0.25) is 0 Å². The van der Waals surface area contributed by atoms with E-state index < -0.39 is 11.1 Å². The zero-order chi connectivity index (χ0) is 8.43. The molecule has 60 valence electrons. The Kier molecular flexibility index (Phi) is 2.31. The minimum absolute atomic E-state index is 0.137. The lowest BCUT2D eigenvalue weighted by molar-refractivity contribution is 0.527. The van der Waals surface area contributed by atoms with E-state index in [1.165, 1.54) is 0 Å². The maximum atomic E-state index is 10.4. The van der Waals surface area contributed by atoms with Gasteiger partial charge in [0.25, 0.3) is 0 Å². The van der Waals surface area contributed by atoms with Crippen molar-refractivity contribution in [3.05, 3.63) is 17.5 Å². The van der Waals surface area contributed by atoms with Crippen molar-refractivity contribution in [1.82, 2.24) is 9.97 Å². The number of hydrogen-bond donors (Lipinski definition) is 0. The van der Waals surface area contributed by atoms with Crippen LogP contribution in [-0.2, 0) is 11.1 Å². The summed E-state index contributed by atoms with van der Waals surface area (Å²) >= 11 is -2.32. The van der Waals surface area contributed by atoms with Gasteiger partial charge in [-0.05, 0) is 19.9 Å². The summed E-state index contributed by atoms with van der Waals surface area (Å²) in [7, 11) is 0. The molecule has 0 saturated carbocycles. The van der Waals surface area contributed by atoms with E-state index in [-0.39, 0.29) is 5.16 Å². The summed E-state index contributed by atoms with van der Waals surface area (Å²) in [5.74, 6) is 0. The molecule has 1 atom stereocenters. The second-order valence-electron chi connectivity index (χ2n) is 2.17. The number of aromatic nitrogens is 2. The quantitative estimate of drug-likeness (QED) is 0.451. The SMILES string of the molecule is Cc1cc(C)nc(S(=O)[O-])n1. The van der Waals surface area contributed by atoms with Crippen LogP contribution < -0.4 is 0 Å². The van der Waals surface area contributed by atoms with Gasteiger partial charge >= 0.3 is 0 Å². The highest BCUT2D eigenvalue weighted by molar-refractivity contribution is 7.78. The Morgan fingerprint density at radius 3 is 2.18 bits per heavy atom. The Bertz CT molecular complexity index is 280. The van der Waals surface area contributed by atoms with Gasteiger partial charge in [0.15, 0.2) is 0 Å². The Morgan fingerprint density at radius 1 is 1.36 bits per heavy atom. The highest BCUT2D eigenvalue weighted by Crippen LogP contribution is 2.01. The van der Waals surface area contributed by atoms with E-state index in [2.05, 4.69) is 9.97 Å². The zero-order valence-electron chi connectivity index (χ0n) is 6.20. The molecular formula is C6H7N2O2S-. The maximum absolute atomic E-state index is 10.4. The largest absolute Gasteiger partial charge is 0.766 e. The van der Waals surface area contributed by atoms with E-state index in [0.29, 0.717) is 11.4 Å². The molecule has 0 amide bonds. The first-order chi connectivity index (χ1) is 5.09. The van der Waals surface area contributed by atoms with Gasteiger partial charge in [0, 0.05) is 22.5 Å². The van der Waals surface area contributed by atoms with Crippen molar-refractivity contribution in [1.29, 1.82) is 0 Å². The van der Waals surface area contributed by atoms with Crippen LogP contribution in [0.3, 0.4) is 0 Å². The van der Waals surface area contributed by atoms with Crippen LogP contribution in [-0.4, -0.2) is 18.7 Å². The van der Waals surface area contributed by atoms with Crippen LogP contribution in [0.4, 0.5) is 0 Å². The predicted octanol–water partition coefficient (Wildman–Crippen LogP) is 0.331. The Morgan fingerprint density at radius 2 is 1.82 bits per heavy atom. The first-order valence-electron chi connectivity index (χ1n) is 3.01. The molecule has 0 aliphatic rings. The summed E-state index contributed by atoms with van der Waals surface area (Å²) in [6.07, 6.45) is 0. The normalized spacial score (nSPS) is 13.0. The van der Waals surface area contributed by atoms with Gasteiger partial charge in [-0.15, -0.1) is 0 Å². The van der Waals surface area contributed by atoms with Crippen molar-refractivity contribution in [3.8, 4) is 0 Å². The topological polar surface area (TPSA) is 65.9 Å². The van der Waals surface area contributed by atoms with E-state index in [1.807, 2.05) is 0 Å². The average molecular weight is 171 g/mol. The second-order valence-corrected chi connectivity index (χ2v) is 3.00. The van der Waals surface area contributed by atoms with Crippen molar-refractivity contribution in [3.63, 3.8) is 0 Å². The lowest BCUT2D eigenvalue weighted by Gasteiger charge is -2.04. The zero-order valence-corrected chi connectivity index (χ0v) is 7.01. The maximum Gasteiger partial charge on any atom is 0.205 e. The number of hydrogen-bond acceptors (Lipinski definition) is 4. The Hall–Kier alpha value is -0.810. The highest BCUT2D eigenvalue weighted by Gasteiger charge is 1.97. The average Bonchev–Trinajstić information content (AvgIpc) is 1.85. The van der Waals surface area contributed by atoms with E-state index in [1.54, 1.807) is 19.9 Å². The predicted molar refractivity (Wildman–Crippen MR) is 38.7 cm³/mol. The Labute approximate surface area is 67.0 Å². The van der Waals surface area contributed by atoms with Crippen LogP contribution in [0.1, 0.15) is 11.4 Å². The van der Waals surface area contributed by atoms with Gasteiger partial charge in [0.2, 0.25) is 5.16 Å². The van der Waals surface area contributed by atoms with E-state index in [0.717, 1.165) is 0 Å². The molecule has 11 heavy (non-hydrogen) atoms. The summed E-state index contributed by atoms with van der Waals surface area (Å²) in [5.41, 5.74) is 1.33. The van der Waals surface area contributed by atoms with E-state index in [4.69, 9.17) is 0 Å². The molecule has 0 spiro atoms. The van der Waals surface area contributed by atoms with Crippen LogP contribution in [0.5, 0.6) is 0 Å². The van der Waals surface area contributed by atoms with Crippen LogP contribution >= 0.6 is 0 Å². The van der Waals surface area contributed by atoms with E-state index in [9.17, 15) is 8.76 Å². The number of nitrogens with zero attached hydrogens (tertiary/aromatic N) is 2. The summed E-state index contributed by atoms with van der Waals surface area (Å²) in [6, 6.07) is 1.72. The fourth-order valence-electron chi connectivity index (χ4n) is 0.768. The number of rotatable bonds is 1. The molecule has 5 heteroatoms. The molecule has 1 rings (SSSR count). The monoisotopic (exact) mass is 171 g/mol. The van der Waals surface area contributed by atoms with Gasteiger partial charge in [-0.1, -0.05) is 0 Å². The fourth-order valence-corrected chi connectivity index (χ4v) is 1.21. The molecule has 1 aromatic rings. The van der Waals surface area contributed by atoms with Crippen molar-refractivity contribution < 1.29 is 8.76 Å². The molecule has 1 aromatic heterocycles. The minimum Gasteiger partial charge on any atom is -0.766 e. The van der Waals surface area contributed by atoms with Gasteiger partial charge in [-0.3, -0.25) is 4.21 Å². The molecule has 0 bridgehead atoms. The lowest BCUT2D eigenvalue weighted by Crippen LogP contribution is -2.00. The van der Waals surface area contributed by atoms with Gasteiger partial charge in [0.1, 0.15) is 0 Å². The number of aryl methyl sites for hydroxylation is 2. The fraction of sp³-hybridized carbons (Fsp3) is 0.333. The second kappa shape index (κ2) is 3.06. The third-order valence-electron chi connectivity index (χ3n) is 1.11. The van der Waals surface area contributed by atoms with Crippen molar-refractivity contribution >= 4 is 11.1 Å². The standard InChI is InChI=1S/C6H8N2O2S/c1-4-3-5(2)8-6(7-4)11(9)10/h3H,1-2H3,(H,9,10)/p-1. The van der Waals surface area contributed by atoms with Crippen molar-refractivity contribution in [2.75, 3.05) is 0 Å². The lowest BCUT2D eigenvalue weighted by atomic mass is 10.4. The Balaban J connectivity index is 3.19. The van der Waals surface area contributed by atoms with Gasteiger partial charge in [-0.2, -0.15) is 0 Å². The highest BCUT2D eigenvalue weighted by atomic mass is 32.2. The molecule has 0 aliphatic carbocycles. The third kappa shape index (κ3) is 2.06. The van der Waals surface area contributed by atoms with Gasteiger partial charge < -0.3 is 4.55 Å². The van der Waals surface area contributed by atoms with Crippen LogP contribution in [0.15, 0.2) is 11.2 Å². The molecule has 0 radical (unpaired) electrons. The molecule has 4 nitrogen and oxygen atoms in total. The van der Waals surface area contributed by atoms with Gasteiger partial charge in [-0.25, -0.2) is 9.97 Å². The molecule has 0 fully saturated rings. The molecule has 0 aromatic carbocycles. The molecule has 0 N–H and O–H groups in total. The van der Waals surface area contributed by atoms with Gasteiger partial charge in [0.05, 0.1) is 0 Å². The summed E-state index contributed by atoms with van der Waals surface area (Å²) in [6.45, 7) is 3.45. The summed E-state index contributed by atoms with van der Waals surface area (Å²) in [5, 5.41) is -0.137. The molecule has 1 unspecified atom stereocenters. The van der Waals surface area contributed by atoms with E-state index >= 15 is 0 Å². The molecule has 0 saturated heterocycles. The summed E-state index contributed by atoms with van der Waals surface area (Å²) < 4.78 is 20.8. The smallest absolute Gasteiger partial charge is 0.205 e. The molecule has 0 aliphatic heterocycles.